The minimum absolute atomic E-state index is 0.905. The van der Waals surface area contributed by atoms with Gasteiger partial charge in [-0.2, -0.15) is 0 Å². The van der Waals surface area contributed by atoms with Gasteiger partial charge in [0.25, 0.3) is 0 Å². The van der Waals surface area contributed by atoms with Gasteiger partial charge in [-0.25, -0.2) is 0 Å². The third-order valence-corrected chi connectivity index (χ3v) is 10.2. The molecule has 2 heteroatoms. The summed E-state index contributed by atoms with van der Waals surface area (Å²) in [5, 5.41) is 14.3. The van der Waals surface area contributed by atoms with Crippen LogP contribution in [0.1, 0.15) is 0 Å². The van der Waals surface area contributed by atoms with Gasteiger partial charge >= 0.3 is 0 Å². The van der Waals surface area contributed by atoms with Gasteiger partial charge in [0, 0.05) is 21.5 Å². The van der Waals surface area contributed by atoms with Crippen molar-refractivity contribution in [1.82, 2.24) is 0 Å². The largest absolute Gasteiger partial charge is 0.456 e. The number of benzene rings is 9. The van der Waals surface area contributed by atoms with Gasteiger partial charge in [0.1, 0.15) is 22.3 Å². The molecule has 0 saturated heterocycles. The third kappa shape index (κ3) is 3.57. The Bertz CT molecular complexity index is 3060. The standard InChI is InChI=1S/C46H26O2/c1-2-11-28-25-43-39(23-27(28)10-1)46-37(17-9-19-41(46)48-43)45-35-15-5-3-13-33(35)44(34-14-4-6-16-36(34)45)30-21-20-29-26-42-38(24-31(29)22-30)32-12-7-8-18-40(32)47-42/h1-26H. The molecule has 11 aromatic rings. The molecule has 0 amide bonds. The molecule has 2 heterocycles. The highest BCUT2D eigenvalue weighted by Gasteiger charge is 2.21. The van der Waals surface area contributed by atoms with E-state index in [1.54, 1.807) is 0 Å². The van der Waals surface area contributed by atoms with Crippen LogP contribution in [0.25, 0.3) is 109 Å². The van der Waals surface area contributed by atoms with Crippen LogP contribution in [0.5, 0.6) is 0 Å². The Morgan fingerprint density at radius 2 is 0.833 bits per heavy atom. The highest BCUT2D eigenvalue weighted by molar-refractivity contribution is 6.26. The fourth-order valence-corrected chi connectivity index (χ4v) is 8.07. The quantitative estimate of drug-likeness (QED) is 0.182. The lowest BCUT2D eigenvalue weighted by Gasteiger charge is -2.18. The monoisotopic (exact) mass is 610 g/mol. The van der Waals surface area contributed by atoms with Gasteiger partial charge in [0.15, 0.2) is 0 Å². The Morgan fingerprint density at radius 1 is 0.292 bits per heavy atom. The first-order valence-electron chi connectivity index (χ1n) is 16.4. The van der Waals surface area contributed by atoms with E-state index in [4.69, 9.17) is 8.83 Å². The van der Waals surface area contributed by atoms with Crippen LogP contribution in [0, 0.1) is 0 Å². The summed E-state index contributed by atoms with van der Waals surface area (Å²) in [6.45, 7) is 0. The van der Waals surface area contributed by atoms with Gasteiger partial charge < -0.3 is 8.83 Å². The summed E-state index contributed by atoms with van der Waals surface area (Å²) in [7, 11) is 0. The number of hydrogen-bond donors (Lipinski definition) is 0. The average Bonchev–Trinajstić information content (AvgIpc) is 3.69. The highest BCUT2D eigenvalue weighted by atomic mass is 16.3. The zero-order valence-electron chi connectivity index (χ0n) is 25.8. The van der Waals surface area contributed by atoms with E-state index in [1.165, 1.54) is 65.3 Å². The first kappa shape index (κ1) is 25.8. The van der Waals surface area contributed by atoms with E-state index in [9.17, 15) is 0 Å². The van der Waals surface area contributed by atoms with Crippen LogP contribution in [-0.4, -0.2) is 0 Å². The second-order valence-corrected chi connectivity index (χ2v) is 12.8. The number of para-hydroxylation sites is 1. The Morgan fingerprint density at radius 3 is 1.58 bits per heavy atom. The molecule has 0 saturated carbocycles. The Hall–Kier alpha value is -6.38. The molecule has 0 fully saturated rings. The summed E-state index contributed by atoms with van der Waals surface area (Å²) in [6.07, 6.45) is 0. The molecule has 0 bridgehead atoms. The van der Waals surface area contributed by atoms with Crippen LogP contribution in [0.3, 0.4) is 0 Å². The van der Waals surface area contributed by atoms with Crippen molar-refractivity contribution in [3.63, 3.8) is 0 Å². The molecule has 9 aromatic carbocycles. The Labute approximate surface area is 275 Å². The summed E-state index contributed by atoms with van der Waals surface area (Å²) in [6, 6.07) is 56.8. The lowest BCUT2D eigenvalue weighted by molar-refractivity contribution is 0.669. The molecule has 0 N–H and O–H groups in total. The summed E-state index contributed by atoms with van der Waals surface area (Å²) < 4.78 is 12.7. The van der Waals surface area contributed by atoms with Crippen molar-refractivity contribution in [2.75, 3.05) is 0 Å². The van der Waals surface area contributed by atoms with Crippen LogP contribution < -0.4 is 0 Å². The number of rotatable bonds is 2. The average molecular weight is 611 g/mol. The van der Waals surface area contributed by atoms with Crippen molar-refractivity contribution < 1.29 is 8.83 Å². The molecule has 0 aliphatic heterocycles. The fraction of sp³-hybridized carbons (Fsp3) is 0. The summed E-state index contributed by atoms with van der Waals surface area (Å²) >= 11 is 0. The number of fused-ring (bicyclic) bond motifs is 10. The van der Waals surface area contributed by atoms with Crippen molar-refractivity contribution in [3.05, 3.63) is 158 Å². The lowest BCUT2D eigenvalue weighted by Crippen LogP contribution is -1.91. The lowest BCUT2D eigenvalue weighted by atomic mass is 9.84. The van der Waals surface area contributed by atoms with Gasteiger partial charge in [-0.1, -0.05) is 115 Å². The molecule has 2 nitrogen and oxygen atoms in total. The molecule has 0 aliphatic carbocycles. The fourth-order valence-electron chi connectivity index (χ4n) is 8.07. The first-order valence-corrected chi connectivity index (χ1v) is 16.4. The van der Waals surface area contributed by atoms with Crippen molar-refractivity contribution in [2.24, 2.45) is 0 Å². The van der Waals surface area contributed by atoms with Gasteiger partial charge in [-0.3, -0.25) is 0 Å². The maximum atomic E-state index is 6.53. The van der Waals surface area contributed by atoms with Crippen molar-refractivity contribution in [3.8, 4) is 22.3 Å². The predicted molar refractivity (Wildman–Crippen MR) is 202 cm³/mol. The Kier molecular flexibility index (Phi) is 5.14. The van der Waals surface area contributed by atoms with Gasteiger partial charge in [0.05, 0.1) is 0 Å². The van der Waals surface area contributed by atoms with Crippen molar-refractivity contribution in [1.29, 1.82) is 0 Å². The van der Waals surface area contributed by atoms with Crippen molar-refractivity contribution in [2.45, 2.75) is 0 Å². The molecule has 222 valence electrons. The van der Waals surface area contributed by atoms with Crippen LogP contribution in [-0.2, 0) is 0 Å². The molecular weight excluding hydrogens is 585 g/mol. The van der Waals surface area contributed by atoms with E-state index in [1.807, 2.05) is 12.1 Å². The predicted octanol–water partition coefficient (Wildman–Crippen LogP) is 13.4. The molecule has 0 radical (unpaired) electrons. The number of furan rings is 2. The number of hydrogen-bond acceptors (Lipinski definition) is 2. The smallest absolute Gasteiger partial charge is 0.136 e. The molecule has 48 heavy (non-hydrogen) atoms. The minimum atomic E-state index is 0.905. The maximum absolute atomic E-state index is 6.53. The minimum Gasteiger partial charge on any atom is -0.456 e. The van der Waals surface area contributed by atoms with E-state index >= 15 is 0 Å². The van der Waals surface area contributed by atoms with E-state index in [0.29, 0.717) is 0 Å². The normalized spacial score (nSPS) is 12.2. The molecule has 0 aliphatic rings. The molecule has 0 atom stereocenters. The maximum Gasteiger partial charge on any atom is 0.136 e. The zero-order chi connectivity index (χ0) is 31.3. The van der Waals surface area contributed by atoms with E-state index in [0.717, 1.165) is 43.9 Å². The van der Waals surface area contributed by atoms with Crippen LogP contribution in [0.4, 0.5) is 0 Å². The second kappa shape index (κ2) is 9.57. The molecule has 2 aromatic heterocycles. The highest BCUT2D eigenvalue weighted by Crippen LogP contribution is 2.47. The molecular formula is C46H26O2. The first-order chi connectivity index (χ1) is 23.8. The third-order valence-electron chi connectivity index (χ3n) is 10.2. The SMILES string of the molecule is c1ccc2cc3c(cc2c1)oc1cccc(-c2c4ccccc4c(-c4ccc5cc6oc7ccccc7c6cc5c4)c4ccccc24)c13. The van der Waals surface area contributed by atoms with E-state index in [2.05, 4.69) is 146 Å². The summed E-state index contributed by atoms with van der Waals surface area (Å²) in [5.74, 6) is 0. The summed E-state index contributed by atoms with van der Waals surface area (Å²) in [4.78, 5) is 0. The van der Waals surface area contributed by atoms with Crippen molar-refractivity contribution >= 4 is 87.0 Å². The van der Waals surface area contributed by atoms with Crippen LogP contribution >= 0.6 is 0 Å². The molecule has 0 spiro atoms. The summed E-state index contributed by atoms with van der Waals surface area (Å²) in [5.41, 5.74) is 8.54. The Balaban J connectivity index is 1.22. The van der Waals surface area contributed by atoms with Crippen LogP contribution in [0.15, 0.2) is 167 Å². The van der Waals surface area contributed by atoms with Gasteiger partial charge in [0.2, 0.25) is 0 Å². The molecule has 11 rings (SSSR count). The second-order valence-electron chi connectivity index (χ2n) is 12.8. The van der Waals surface area contributed by atoms with Gasteiger partial charge in [-0.15, -0.1) is 0 Å². The van der Waals surface area contributed by atoms with E-state index in [-0.39, 0.29) is 0 Å². The van der Waals surface area contributed by atoms with Crippen LogP contribution in [0.2, 0.25) is 0 Å². The topological polar surface area (TPSA) is 26.3 Å². The zero-order valence-corrected chi connectivity index (χ0v) is 25.8. The molecule has 0 unspecified atom stereocenters. The van der Waals surface area contributed by atoms with Gasteiger partial charge in [-0.05, 0) is 108 Å². The van der Waals surface area contributed by atoms with E-state index < -0.39 is 0 Å².